The van der Waals surface area contributed by atoms with Gasteiger partial charge in [-0.15, -0.1) is 0 Å². The van der Waals surface area contributed by atoms with E-state index in [2.05, 4.69) is 24.0 Å². The molecule has 0 spiro atoms. The van der Waals surface area contributed by atoms with Crippen LogP contribution in [0.25, 0.3) is 0 Å². The molecule has 3 fully saturated rings. The number of fused-ring (bicyclic) bond motifs is 9. The summed E-state index contributed by atoms with van der Waals surface area (Å²) in [6.45, 7) is 3.55. The van der Waals surface area contributed by atoms with Crippen LogP contribution in [0.5, 0.6) is 0 Å². The van der Waals surface area contributed by atoms with E-state index >= 15 is 0 Å². The molecule has 4 rings (SSSR count). The van der Waals surface area contributed by atoms with Crippen LogP contribution in [-0.2, 0) is 0 Å². The Bertz CT molecular complexity index is 472. The van der Waals surface area contributed by atoms with Gasteiger partial charge in [-0.25, -0.2) is 0 Å². The van der Waals surface area contributed by atoms with Crippen LogP contribution in [0.3, 0.4) is 0 Å². The Morgan fingerprint density at radius 1 is 1.11 bits per heavy atom. The predicted octanol–water partition coefficient (Wildman–Crippen LogP) is 3.25. The standard InChI is InChI=1S/C18H24O/c1-18(2,19)7-3-4-11-8-14-10-15(11)17-13-6-5-12(9-13)16(14)17/h5-6,11-17,19H,4,8-10H2,1-2H3/t11-,12-,13-,14+,15-,16+,17+/m0/s1. The van der Waals surface area contributed by atoms with Crippen molar-refractivity contribution in [3.8, 4) is 11.8 Å². The van der Waals surface area contributed by atoms with Gasteiger partial charge in [0.1, 0.15) is 5.60 Å². The second-order valence-electron chi connectivity index (χ2n) is 7.82. The number of rotatable bonds is 1. The maximum Gasteiger partial charge on any atom is 0.119 e. The maximum atomic E-state index is 9.68. The fourth-order valence-corrected chi connectivity index (χ4v) is 5.79. The summed E-state index contributed by atoms with van der Waals surface area (Å²) in [5.74, 6) is 12.8. The van der Waals surface area contributed by atoms with E-state index in [-0.39, 0.29) is 0 Å². The van der Waals surface area contributed by atoms with E-state index in [4.69, 9.17) is 0 Å². The van der Waals surface area contributed by atoms with Crippen molar-refractivity contribution >= 4 is 0 Å². The summed E-state index contributed by atoms with van der Waals surface area (Å²) in [5.41, 5.74) is -0.824. The summed E-state index contributed by atoms with van der Waals surface area (Å²) in [6.07, 6.45) is 10.4. The van der Waals surface area contributed by atoms with Gasteiger partial charge in [0, 0.05) is 6.42 Å². The monoisotopic (exact) mass is 256 g/mol. The van der Waals surface area contributed by atoms with E-state index in [0.29, 0.717) is 0 Å². The summed E-state index contributed by atoms with van der Waals surface area (Å²) >= 11 is 0. The van der Waals surface area contributed by atoms with Gasteiger partial charge in [0.2, 0.25) is 0 Å². The molecule has 0 aliphatic heterocycles. The van der Waals surface area contributed by atoms with Crippen molar-refractivity contribution in [2.45, 2.75) is 45.1 Å². The van der Waals surface area contributed by atoms with Gasteiger partial charge in [-0.3, -0.25) is 0 Å². The highest BCUT2D eigenvalue weighted by molar-refractivity contribution is 5.21. The molecule has 0 aromatic heterocycles. The molecule has 4 aliphatic rings. The largest absolute Gasteiger partial charge is 0.378 e. The minimum Gasteiger partial charge on any atom is -0.378 e. The third-order valence-electron chi connectivity index (χ3n) is 6.17. The first-order valence-corrected chi connectivity index (χ1v) is 7.93. The van der Waals surface area contributed by atoms with Gasteiger partial charge in [0.05, 0.1) is 0 Å². The second kappa shape index (κ2) is 3.89. The van der Waals surface area contributed by atoms with Crippen molar-refractivity contribution < 1.29 is 5.11 Å². The zero-order chi connectivity index (χ0) is 13.2. The molecule has 7 atom stereocenters. The van der Waals surface area contributed by atoms with E-state index in [0.717, 1.165) is 47.8 Å². The molecule has 4 bridgehead atoms. The van der Waals surface area contributed by atoms with Gasteiger partial charge in [-0.05, 0) is 74.5 Å². The molecule has 0 unspecified atom stereocenters. The molecule has 0 amide bonds. The summed E-state index contributed by atoms with van der Waals surface area (Å²) in [6, 6.07) is 0. The lowest BCUT2D eigenvalue weighted by Crippen LogP contribution is -2.30. The molecule has 1 N–H and O–H groups in total. The van der Waals surface area contributed by atoms with Crippen LogP contribution in [0, 0.1) is 53.3 Å². The molecule has 0 aromatic carbocycles. The molecule has 102 valence electrons. The van der Waals surface area contributed by atoms with E-state index in [1.165, 1.54) is 19.3 Å². The average molecular weight is 256 g/mol. The molecule has 1 nitrogen and oxygen atoms in total. The Balaban J connectivity index is 1.48. The zero-order valence-electron chi connectivity index (χ0n) is 12.0. The highest BCUT2D eigenvalue weighted by Crippen LogP contribution is 2.67. The van der Waals surface area contributed by atoms with E-state index < -0.39 is 5.60 Å². The van der Waals surface area contributed by atoms with Gasteiger partial charge in [-0.1, -0.05) is 24.0 Å². The van der Waals surface area contributed by atoms with E-state index in [9.17, 15) is 5.11 Å². The van der Waals surface area contributed by atoms with Crippen LogP contribution in [-0.4, -0.2) is 10.7 Å². The second-order valence-corrected chi connectivity index (χ2v) is 7.82. The van der Waals surface area contributed by atoms with Crippen LogP contribution in [0.1, 0.15) is 39.5 Å². The van der Waals surface area contributed by atoms with Crippen LogP contribution < -0.4 is 0 Å². The molecule has 4 aliphatic carbocycles. The topological polar surface area (TPSA) is 20.2 Å². The fraction of sp³-hybridized carbons (Fsp3) is 0.778. The van der Waals surface area contributed by atoms with Gasteiger partial charge >= 0.3 is 0 Å². The summed E-state index contributed by atoms with van der Waals surface area (Å²) in [4.78, 5) is 0. The molecular weight excluding hydrogens is 232 g/mol. The van der Waals surface area contributed by atoms with Gasteiger partial charge in [0.15, 0.2) is 0 Å². The first-order chi connectivity index (χ1) is 9.03. The first-order valence-electron chi connectivity index (χ1n) is 7.93. The lowest BCUT2D eigenvalue weighted by atomic mass is 9.69. The third-order valence-corrected chi connectivity index (χ3v) is 6.17. The Morgan fingerprint density at radius 2 is 1.84 bits per heavy atom. The normalized spacial score (nSPS) is 49.3. The quantitative estimate of drug-likeness (QED) is 0.434. The SMILES string of the molecule is CC(C)(O)C#CC[C@H]1C[C@@H]2C[C@@H]1[C@@H]1[C@@H]2[C@H]2C=C[C@H]1C2. The summed E-state index contributed by atoms with van der Waals surface area (Å²) < 4.78 is 0. The molecule has 0 aromatic rings. The Kier molecular flexibility index (Phi) is 2.46. The molecule has 3 saturated carbocycles. The van der Waals surface area contributed by atoms with Gasteiger partial charge in [-0.2, -0.15) is 0 Å². The molecule has 0 saturated heterocycles. The third kappa shape index (κ3) is 1.80. The molecular formula is C18H24O. The van der Waals surface area contributed by atoms with Crippen molar-refractivity contribution in [3.05, 3.63) is 12.2 Å². The smallest absolute Gasteiger partial charge is 0.119 e. The molecule has 0 heterocycles. The molecule has 19 heavy (non-hydrogen) atoms. The maximum absolute atomic E-state index is 9.68. The molecule has 1 heteroatoms. The van der Waals surface area contributed by atoms with E-state index in [1.807, 2.05) is 0 Å². The Labute approximate surface area is 116 Å². The molecule has 0 radical (unpaired) electrons. The van der Waals surface area contributed by atoms with Crippen molar-refractivity contribution in [1.82, 2.24) is 0 Å². The summed E-state index contributed by atoms with van der Waals surface area (Å²) in [5, 5.41) is 9.68. The minimum absolute atomic E-state index is 0.814. The zero-order valence-corrected chi connectivity index (χ0v) is 12.0. The van der Waals surface area contributed by atoms with Crippen LogP contribution in [0.2, 0.25) is 0 Å². The van der Waals surface area contributed by atoms with E-state index in [1.54, 1.807) is 13.8 Å². The summed E-state index contributed by atoms with van der Waals surface area (Å²) in [7, 11) is 0. The predicted molar refractivity (Wildman–Crippen MR) is 76.1 cm³/mol. The lowest BCUT2D eigenvalue weighted by Gasteiger charge is -2.36. The van der Waals surface area contributed by atoms with Crippen LogP contribution >= 0.6 is 0 Å². The number of hydrogen-bond acceptors (Lipinski definition) is 1. The number of allylic oxidation sites excluding steroid dienone is 2. The van der Waals surface area contributed by atoms with Crippen molar-refractivity contribution in [2.24, 2.45) is 41.4 Å². The minimum atomic E-state index is -0.824. The average Bonchev–Trinajstić information content (AvgIpc) is 3.05. The van der Waals surface area contributed by atoms with Gasteiger partial charge < -0.3 is 5.11 Å². The Morgan fingerprint density at radius 3 is 2.58 bits per heavy atom. The van der Waals surface area contributed by atoms with Crippen molar-refractivity contribution in [3.63, 3.8) is 0 Å². The van der Waals surface area contributed by atoms with Crippen LogP contribution in [0.15, 0.2) is 12.2 Å². The number of aliphatic hydroxyl groups is 1. The lowest BCUT2D eigenvalue weighted by molar-refractivity contribution is 0.142. The number of hydrogen-bond donors (Lipinski definition) is 1. The highest BCUT2D eigenvalue weighted by atomic mass is 16.3. The first kappa shape index (κ1) is 12.0. The Hall–Kier alpha value is -0.740. The van der Waals surface area contributed by atoms with Gasteiger partial charge in [0.25, 0.3) is 0 Å². The van der Waals surface area contributed by atoms with Crippen molar-refractivity contribution in [2.75, 3.05) is 0 Å². The van der Waals surface area contributed by atoms with Crippen LogP contribution in [0.4, 0.5) is 0 Å². The fourth-order valence-electron chi connectivity index (χ4n) is 5.79. The highest BCUT2D eigenvalue weighted by Gasteiger charge is 2.60. The van der Waals surface area contributed by atoms with Crippen molar-refractivity contribution in [1.29, 1.82) is 0 Å².